The van der Waals surface area contributed by atoms with Crippen LogP contribution >= 0.6 is 15.9 Å². The van der Waals surface area contributed by atoms with Crippen LogP contribution in [-0.2, 0) is 16.1 Å². The Balaban J connectivity index is 1.70. The van der Waals surface area contributed by atoms with Crippen molar-refractivity contribution in [1.29, 1.82) is 0 Å². The fourth-order valence-corrected chi connectivity index (χ4v) is 2.60. The van der Waals surface area contributed by atoms with Crippen LogP contribution in [0.3, 0.4) is 0 Å². The third-order valence-corrected chi connectivity index (χ3v) is 4.15. The van der Waals surface area contributed by atoms with Gasteiger partial charge in [-0.2, -0.15) is 0 Å². The molecule has 3 heterocycles. The lowest BCUT2D eigenvalue weighted by atomic mass is 10.2. The van der Waals surface area contributed by atoms with E-state index in [-0.39, 0.29) is 6.29 Å². The third kappa shape index (κ3) is 2.99. The van der Waals surface area contributed by atoms with Gasteiger partial charge in [-0.1, -0.05) is 0 Å². The second kappa shape index (κ2) is 5.61. The molecule has 1 N–H and O–H groups in total. The molecule has 1 fully saturated rings. The number of hydrogen-bond donors (Lipinski definition) is 1. The van der Waals surface area contributed by atoms with Gasteiger partial charge in [-0.15, -0.1) is 0 Å². The zero-order chi connectivity index (χ0) is 13.2. The molecule has 1 aliphatic rings. The van der Waals surface area contributed by atoms with Crippen molar-refractivity contribution >= 4 is 27.0 Å². The normalized spacial score (nSPS) is 20.0. The SMILES string of the molecule is Cc1cc2[nH]c(COC3CCCCO3)cc2nc1Br. The van der Waals surface area contributed by atoms with Crippen LogP contribution in [0.4, 0.5) is 0 Å². The topological polar surface area (TPSA) is 47.1 Å². The van der Waals surface area contributed by atoms with E-state index in [9.17, 15) is 0 Å². The third-order valence-electron chi connectivity index (χ3n) is 3.35. The second-order valence-electron chi connectivity index (χ2n) is 4.93. The van der Waals surface area contributed by atoms with Crippen LogP contribution < -0.4 is 0 Å². The first-order chi connectivity index (χ1) is 9.22. The van der Waals surface area contributed by atoms with Crippen LogP contribution in [0.15, 0.2) is 16.7 Å². The Morgan fingerprint density at radius 2 is 2.37 bits per heavy atom. The number of aromatic amines is 1. The van der Waals surface area contributed by atoms with Crippen molar-refractivity contribution in [3.05, 3.63) is 28.0 Å². The Labute approximate surface area is 120 Å². The summed E-state index contributed by atoms with van der Waals surface area (Å²) in [7, 11) is 0. The van der Waals surface area contributed by atoms with E-state index in [1.807, 2.05) is 13.0 Å². The lowest BCUT2D eigenvalue weighted by molar-refractivity contribution is -0.169. The van der Waals surface area contributed by atoms with Crippen molar-refractivity contribution < 1.29 is 9.47 Å². The second-order valence-corrected chi connectivity index (χ2v) is 5.68. The molecule has 102 valence electrons. The zero-order valence-corrected chi connectivity index (χ0v) is 12.5. The number of nitrogens with one attached hydrogen (secondary N) is 1. The van der Waals surface area contributed by atoms with E-state index in [0.717, 1.165) is 46.3 Å². The van der Waals surface area contributed by atoms with Gasteiger partial charge in [-0.25, -0.2) is 4.98 Å². The number of H-pyrrole nitrogens is 1. The van der Waals surface area contributed by atoms with Crippen LogP contribution in [0, 0.1) is 6.92 Å². The predicted octanol–water partition coefficient (Wildman–Crippen LogP) is 3.68. The number of nitrogens with zero attached hydrogens (tertiary/aromatic N) is 1. The molecule has 2 aromatic rings. The van der Waals surface area contributed by atoms with Gasteiger partial charge in [0.05, 0.1) is 17.6 Å². The van der Waals surface area contributed by atoms with E-state index in [2.05, 4.69) is 32.0 Å². The Morgan fingerprint density at radius 3 is 3.16 bits per heavy atom. The average molecular weight is 325 g/mol. The van der Waals surface area contributed by atoms with E-state index in [1.54, 1.807) is 0 Å². The smallest absolute Gasteiger partial charge is 0.158 e. The Kier molecular flexibility index (Phi) is 3.86. The summed E-state index contributed by atoms with van der Waals surface area (Å²) in [6, 6.07) is 4.12. The first-order valence-corrected chi connectivity index (χ1v) is 7.39. The average Bonchev–Trinajstić information content (AvgIpc) is 2.80. The van der Waals surface area contributed by atoms with Gasteiger partial charge in [-0.05, 0) is 59.8 Å². The van der Waals surface area contributed by atoms with E-state index < -0.39 is 0 Å². The van der Waals surface area contributed by atoms with Gasteiger partial charge in [0.2, 0.25) is 0 Å². The molecule has 0 radical (unpaired) electrons. The maximum absolute atomic E-state index is 5.77. The largest absolute Gasteiger partial charge is 0.355 e. The number of aromatic nitrogens is 2. The number of aryl methyl sites for hydroxylation is 1. The van der Waals surface area contributed by atoms with Gasteiger partial charge in [0.1, 0.15) is 4.60 Å². The van der Waals surface area contributed by atoms with Crippen LogP contribution in [0.25, 0.3) is 11.0 Å². The van der Waals surface area contributed by atoms with E-state index in [1.165, 1.54) is 6.42 Å². The van der Waals surface area contributed by atoms with Crippen molar-refractivity contribution in [3.63, 3.8) is 0 Å². The van der Waals surface area contributed by atoms with Gasteiger partial charge in [0.15, 0.2) is 6.29 Å². The number of pyridine rings is 1. The fourth-order valence-electron chi connectivity index (χ4n) is 2.29. The Morgan fingerprint density at radius 1 is 1.47 bits per heavy atom. The first kappa shape index (κ1) is 13.1. The quantitative estimate of drug-likeness (QED) is 0.876. The molecule has 5 heteroatoms. The molecule has 0 aromatic carbocycles. The summed E-state index contributed by atoms with van der Waals surface area (Å²) >= 11 is 3.45. The molecule has 4 nitrogen and oxygen atoms in total. The van der Waals surface area contributed by atoms with Gasteiger partial charge >= 0.3 is 0 Å². The maximum atomic E-state index is 5.77. The minimum atomic E-state index is -0.0541. The summed E-state index contributed by atoms with van der Waals surface area (Å²) in [5.41, 5.74) is 4.16. The number of rotatable bonds is 3. The van der Waals surface area contributed by atoms with E-state index >= 15 is 0 Å². The lowest BCUT2D eigenvalue weighted by Gasteiger charge is -2.22. The molecule has 0 saturated carbocycles. The highest BCUT2D eigenvalue weighted by Crippen LogP contribution is 2.22. The van der Waals surface area contributed by atoms with Crippen LogP contribution in [0.2, 0.25) is 0 Å². The van der Waals surface area contributed by atoms with Gasteiger partial charge in [-0.3, -0.25) is 0 Å². The summed E-state index contributed by atoms with van der Waals surface area (Å²) < 4.78 is 12.2. The van der Waals surface area contributed by atoms with Crippen LogP contribution in [-0.4, -0.2) is 22.9 Å². The predicted molar refractivity (Wildman–Crippen MR) is 76.9 cm³/mol. The Hall–Kier alpha value is -0.910. The van der Waals surface area contributed by atoms with Crippen molar-refractivity contribution in [1.82, 2.24) is 9.97 Å². The lowest BCUT2D eigenvalue weighted by Crippen LogP contribution is -2.22. The standard InChI is InChI=1S/C14H17BrN2O2/c1-9-6-11-12(17-14(9)15)7-10(16-11)8-19-13-4-2-3-5-18-13/h6-7,13,16H,2-5,8H2,1H3. The molecule has 1 unspecified atom stereocenters. The highest BCUT2D eigenvalue weighted by molar-refractivity contribution is 9.10. The zero-order valence-electron chi connectivity index (χ0n) is 10.9. The number of halogens is 1. The van der Waals surface area contributed by atoms with Crippen molar-refractivity contribution in [3.8, 4) is 0 Å². The van der Waals surface area contributed by atoms with Gasteiger partial charge in [0.25, 0.3) is 0 Å². The summed E-state index contributed by atoms with van der Waals surface area (Å²) in [6.07, 6.45) is 3.26. The monoisotopic (exact) mass is 324 g/mol. The number of hydrogen-bond acceptors (Lipinski definition) is 3. The molecular weight excluding hydrogens is 308 g/mol. The molecule has 1 atom stereocenters. The molecule has 0 bridgehead atoms. The van der Waals surface area contributed by atoms with E-state index in [4.69, 9.17) is 9.47 Å². The molecule has 2 aromatic heterocycles. The first-order valence-electron chi connectivity index (χ1n) is 6.60. The van der Waals surface area contributed by atoms with Crippen LogP contribution in [0.1, 0.15) is 30.5 Å². The molecule has 19 heavy (non-hydrogen) atoms. The molecule has 0 aliphatic carbocycles. The van der Waals surface area contributed by atoms with E-state index in [0.29, 0.717) is 6.61 Å². The summed E-state index contributed by atoms with van der Waals surface area (Å²) in [5, 5.41) is 0. The van der Waals surface area contributed by atoms with Crippen molar-refractivity contribution in [2.75, 3.05) is 6.61 Å². The van der Waals surface area contributed by atoms with Crippen molar-refractivity contribution in [2.24, 2.45) is 0 Å². The number of fused-ring (bicyclic) bond motifs is 1. The Bertz CT molecular complexity index is 537. The van der Waals surface area contributed by atoms with Crippen molar-refractivity contribution in [2.45, 2.75) is 39.1 Å². The molecule has 0 spiro atoms. The maximum Gasteiger partial charge on any atom is 0.158 e. The molecule has 3 rings (SSSR count). The summed E-state index contributed by atoms with van der Waals surface area (Å²) in [5.74, 6) is 0. The molecular formula is C14H17BrN2O2. The highest BCUT2D eigenvalue weighted by Gasteiger charge is 2.14. The fraction of sp³-hybridized carbons (Fsp3) is 0.500. The molecule has 1 aliphatic heterocycles. The van der Waals surface area contributed by atoms with Gasteiger partial charge in [0, 0.05) is 12.3 Å². The van der Waals surface area contributed by atoms with Crippen LogP contribution in [0.5, 0.6) is 0 Å². The highest BCUT2D eigenvalue weighted by atomic mass is 79.9. The summed E-state index contributed by atoms with van der Waals surface area (Å²) in [6.45, 7) is 3.38. The minimum Gasteiger partial charge on any atom is -0.355 e. The summed E-state index contributed by atoms with van der Waals surface area (Å²) in [4.78, 5) is 7.83. The number of ether oxygens (including phenoxy) is 2. The minimum absolute atomic E-state index is 0.0541. The molecule has 0 amide bonds. The molecule has 1 saturated heterocycles. The van der Waals surface area contributed by atoms with Gasteiger partial charge < -0.3 is 14.5 Å².